The quantitative estimate of drug-likeness (QED) is 0.168. The number of anilines is 6. The van der Waals surface area contributed by atoms with Gasteiger partial charge in [0.2, 0.25) is 0 Å². The highest BCUT2D eigenvalue weighted by molar-refractivity contribution is 6.23. The van der Waals surface area contributed by atoms with Crippen molar-refractivity contribution in [2.45, 2.75) is 41.5 Å². The Morgan fingerprint density at radius 3 is 0.983 bits per heavy atom. The maximum atomic E-state index is 6.89. The van der Waals surface area contributed by atoms with E-state index in [2.05, 4.69) is 209 Å². The first-order chi connectivity index (χ1) is 29.2. The summed E-state index contributed by atoms with van der Waals surface area (Å²) in [5.74, 6) is 0. The Morgan fingerprint density at radius 1 is 0.317 bits per heavy atom. The van der Waals surface area contributed by atoms with E-state index in [-0.39, 0.29) is 0 Å². The van der Waals surface area contributed by atoms with Crippen LogP contribution in [0.1, 0.15) is 33.4 Å². The lowest BCUT2D eigenvalue weighted by Gasteiger charge is -2.26. The Bertz CT molecular complexity index is 3210. The van der Waals surface area contributed by atoms with Crippen LogP contribution in [0.15, 0.2) is 167 Å². The lowest BCUT2D eigenvalue weighted by atomic mass is 9.96. The van der Waals surface area contributed by atoms with E-state index >= 15 is 0 Å². The molecule has 11 aromatic rings. The van der Waals surface area contributed by atoms with Crippen LogP contribution in [0.3, 0.4) is 0 Å². The van der Waals surface area contributed by atoms with E-state index in [0.29, 0.717) is 0 Å². The van der Waals surface area contributed by atoms with Crippen LogP contribution in [0.2, 0.25) is 0 Å². The van der Waals surface area contributed by atoms with Crippen molar-refractivity contribution in [3.63, 3.8) is 0 Å². The molecule has 60 heavy (non-hydrogen) atoms. The van der Waals surface area contributed by atoms with Crippen molar-refractivity contribution in [2.24, 2.45) is 0 Å². The van der Waals surface area contributed by atoms with Crippen LogP contribution in [-0.4, -0.2) is 0 Å². The zero-order valence-corrected chi connectivity index (χ0v) is 34.7. The fourth-order valence-corrected chi connectivity index (χ4v) is 9.33. The molecule has 0 aliphatic carbocycles. The standard InChI is InChI=1S/C56H44N2O2/c1-33-11-7-15-43(23-33)57(44-16-8-12-34(2)24-44)47-21-19-39-29-49-51(31-41(39)27-47)59-55-53(49)37(5)38(6)54-50-30-40-20-22-48(28-42(40)32-52(50)60-56(54)55)58(45-17-9-13-35(3)25-45)46-18-10-14-36(4)26-46/h7-32H,1-6H3. The monoisotopic (exact) mass is 776 g/mol. The minimum absolute atomic E-state index is 0.797. The molecule has 9 aromatic carbocycles. The normalized spacial score (nSPS) is 11.8. The molecule has 11 rings (SSSR count). The van der Waals surface area contributed by atoms with Crippen molar-refractivity contribution >= 4 is 99.5 Å². The molecular weight excluding hydrogens is 733 g/mol. The Morgan fingerprint density at radius 2 is 0.650 bits per heavy atom. The molecule has 290 valence electrons. The first-order valence-corrected chi connectivity index (χ1v) is 20.7. The molecule has 0 atom stereocenters. The minimum atomic E-state index is 0.797. The number of aryl methyl sites for hydroxylation is 6. The van der Waals surface area contributed by atoms with Gasteiger partial charge < -0.3 is 18.6 Å². The number of rotatable bonds is 6. The van der Waals surface area contributed by atoms with Crippen molar-refractivity contribution in [1.82, 2.24) is 0 Å². The topological polar surface area (TPSA) is 32.8 Å². The SMILES string of the molecule is Cc1cccc(N(c2cccc(C)c2)c2ccc3cc4c(cc3c2)oc2c3oc5cc6cc(N(c7cccc(C)c7)c7cccc(C)c7)ccc6cc5c3c(C)c(C)c42)c1. The molecule has 2 heterocycles. The van der Waals surface area contributed by atoms with Crippen LogP contribution in [0.4, 0.5) is 34.1 Å². The number of benzene rings is 9. The molecule has 0 amide bonds. The third-order valence-electron chi connectivity index (χ3n) is 12.3. The van der Waals surface area contributed by atoms with E-state index < -0.39 is 0 Å². The smallest absolute Gasteiger partial charge is 0.178 e. The van der Waals surface area contributed by atoms with Gasteiger partial charge in [-0.2, -0.15) is 0 Å². The molecule has 0 N–H and O–H groups in total. The second kappa shape index (κ2) is 13.6. The largest absolute Gasteiger partial charge is 0.452 e. The van der Waals surface area contributed by atoms with Crippen LogP contribution in [0.5, 0.6) is 0 Å². The molecule has 2 aromatic heterocycles. The second-order valence-electron chi connectivity index (χ2n) is 16.6. The molecule has 4 nitrogen and oxygen atoms in total. The molecule has 0 spiro atoms. The third kappa shape index (κ3) is 5.82. The van der Waals surface area contributed by atoms with Gasteiger partial charge in [0, 0.05) is 55.7 Å². The van der Waals surface area contributed by atoms with Crippen LogP contribution in [0.25, 0.3) is 65.4 Å². The lowest BCUT2D eigenvalue weighted by molar-refractivity contribution is 0.633. The molecule has 0 radical (unpaired) electrons. The Labute approximate surface area is 349 Å². The van der Waals surface area contributed by atoms with Gasteiger partial charge >= 0.3 is 0 Å². The molecule has 0 fully saturated rings. The highest BCUT2D eigenvalue weighted by Gasteiger charge is 2.23. The van der Waals surface area contributed by atoms with E-state index in [1.54, 1.807) is 0 Å². The molecule has 0 aliphatic heterocycles. The van der Waals surface area contributed by atoms with Crippen molar-refractivity contribution in [3.8, 4) is 0 Å². The first-order valence-electron chi connectivity index (χ1n) is 20.7. The summed E-state index contributed by atoms with van der Waals surface area (Å²) >= 11 is 0. The van der Waals surface area contributed by atoms with E-state index in [4.69, 9.17) is 8.83 Å². The predicted molar refractivity (Wildman–Crippen MR) is 254 cm³/mol. The molecule has 0 saturated carbocycles. The summed E-state index contributed by atoms with van der Waals surface area (Å²) in [5, 5.41) is 8.99. The van der Waals surface area contributed by atoms with Gasteiger partial charge in [0.1, 0.15) is 11.2 Å². The maximum absolute atomic E-state index is 6.89. The molecule has 0 bridgehead atoms. The highest BCUT2D eigenvalue weighted by Crippen LogP contribution is 2.46. The molecule has 4 heteroatoms. The third-order valence-corrected chi connectivity index (χ3v) is 12.3. The molecule has 0 saturated heterocycles. The highest BCUT2D eigenvalue weighted by atomic mass is 16.4. The molecule has 0 unspecified atom stereocenters. The van der Waals surface area contributed by atoms with E-state index in [1.807, 2.05) is 0 Å². The van der Waals surface area contributed by atoms with Crippen molar-refractivity contribution in [1.29, 1.82) is 0 Å². The van der Waals surface area contributed by atoms with Crippen molar-refractivity contribution in [3.05, 3.63) is 191 Å². The fraction of sp³-hybridized carbons (Fsp3) is 0.107. The second-order valence-corrected chi connectivity index (χ2v) is 16.6. The number of nitrogens with zero attached hydrogens (tertiary/aromatic N) is 2. The summed E-state index contributed by atoms with van der Waals surface area (Å²) in [5.41, 5.74) is 17.3. The van der Waals surface area contributed by atoms with Gasteiger partial charge in [-0.15, -0.1) is 0 Å². The summed E-state index contributed by atoms with van der Waals surface area (Å²) in [4.78, 5) is 4.67. The van der Waals surface area contributed by atoms with E-state index in [1.165, 1.54) is 33.4 Å². The van der Waals surface area contributed by atoms with Crippen LogP contribution in [0, 0.1) is 41.5 Å². The van der Waals surface area contributed by atoms with E-state index in [9.17, 15) is 0 Å². The zero-order valence-electron chi connectivity index (χ0n) is 34.7. The Hall–Kier alpha value is -7.30. The van der Waals surface area contributed by atoms with Crippen LogP contribution >= 0.6 is 0 Å². The van der Waals surface area contributed by atoms with Gasteiger partial charge in [0.05, 0.1) is 0 Å². The number of hydrogen-bond donors (Lipinski definition) is 0. The van der Waals surface area contributed by atoms with Crippen LogP contribution in [-0.2, 0) is 0 Å². The number of fused-ring (bicyclic) bond motifs is 9. The average Bonchev–Trinajstić information content (AvgIpc) is 3.80. The van der Waals surface area contributed by atoms with Gasteiger partial charge in [-0.1, -0.05) is 60.7 Å². The molecule has 0 aliphatic rings. The summed E-state index contributed by atoms with van der Waals surface area (Å²) in [6.07, 6.45) is 0. The van der Waals surface area contributed by atoms with Gasteiger partial charge in [-0.05, 0) is 194 Å². The Balaban J connectivity index is 1.07. The van der Waals surface area contributed by atoms with Crippen LogP contribution < -0.4 is 9.80 Å². The summed E-state index contributed by atoms with van der Waals surface area (Å²) in [6.45, 7) is 13.0. The van der Waals surface area contributed by atoms with Gasteiger partial charge in [0.15, 0.2) is 11.2 Å². The van der Waals surface area contributed by atoms with Gasteiger partial charge in [0.25, 0.3) is 0 Å². The predicted octanol–water partition coefficient (Wildman–Crippen LogP) is 16.6. The van der Waals surface area contributed by atoms with Gasteiger partial charge in [-0.3, -0.25) is 0 Å². The summed E-state index contributed by atoms with van der Waals surface area (Å²) < 4.78 is 13.8. The van der Waals surface area contributed by atoms with Gasteiger partial charge in [-0.25, -0.2) is 0 Å². The summed E-state index contributed by atoms with van der Waals surface area (Å²) in [7, 11) is 0. The van der Waals surface area contributed by atoms with E-state index in [0.717, 1.165) is 99.5 Å². The number of hydrogen-bond acceptors (Lipinski definition) is 4. The van der Waals surface area contributed by atoms with Crippen molar-refractivity contribution in [2.75, 3.05) is 9.80 Å². The molecular formula is C56H44N2O2. The Kier molecular flexibility index (Phi) is 8.15. The summed E-state index contributed by atoms with van der Waals surface area (Å²) in [6, 6.07) is 57.2. The maximum Gasteiger partial charge on any atom is 0.178 e. The lowest BCUT2D eigenvalue weighted by Crippen LogP contribution is -2.10. The zero-order chi connectivity index (χ0) is 40.8. The first kappa shape index (κ1) is 35.8. The fourth-order valence-electron chi connectivity index (χ4n) is 9.33. The number of furan rings is 2. The van der Waals surface area contributed by atoms with Crippen molar-refractivity contribution < 1.29 is 8.83 Å². The average molecular weight is 777 g/mol. The minimum Gasteiger partial charge on any atom is -0.452 e.